The van der Waals surface area contributed by atoms with Gasteiger partial charge in [-0.15, -0.1) is 0 Å². The minimum absolute atomic E-state index is 0.958. The topological polar surface area (TPSA) is 38.7 Å². The summed E-state index contributed by atoms with van der Waals surface area (Å²) >= 11 is 0. The van der Waals surface area contributed by atoms with Crippen molar-refractivity contribution in [3.8, 4) is 11.3 Å². The Morgan fingerprint density at radius 1 is 1.06 bits per heavy atom. The number of pyridine rings is 1. The van der Waals surface area contributed by atoms with E-state index in [1.165, 1.54) is 19.3 Å². The lowest BCUT2D eigenvalue weighted by Crippen LogP contribution is -1.95. The van der Waals surface area contributed by atoms with Gasteiger partial charge in [-0.2, -0.15) is 0 Å². The van der Waals surface area contributed by atoms with Crippen LogP contribution in [0.3, 0.4) is 0 Å². The van der Waals surface area contributed by atoms with Gasteiger partial charge in [0, 0.05) is 23.7 Å². The fourth-order valence-corrected chi connectivity index (χ4v) is 1.86. The van der Waals surface area contributed by atoms with Gasteiger partial charge in [0.2, 0.25) is 0 Å². The molecule has 0 N–H and O–H groups in total. The average Bonchev–Trinajstić information content (AvgIpc) is 2.41. The molecule has 0 aliphatic rings. The molecule has 2 rings (SSSR count). The van der Waals surface area contributed by atoms with E-state index in [0.717, 1.165) is 23.4 Å². The van der Waals surface area contributed by atoms with Crippen LogP contribution < -0.4 is 0 Å². The maximum atomic E-state index is 4.47. The van der Waals surface area contributed by atoms with Gasteiger partial charge in [0.25, 0.3) is 0 Å². The van der Waals surface area contributed by atoms with Crippen LogP contribution in [0.4, 0.5) is 0 Å². The maximum Gasteiger partial charge on any atom is 0.116 e. The molecule has 0 amide bonds. The van der Waals surface area contributed by atoms with Gasteiger partial charge < -0.3 is 0 Å². The number of nitrogens with zero attached hydrogens (tertiary/aromatic N) is 3. The standard InChI is InChI=1S/C14H17N3/c1-2-3-4-7-13-12(6-5-9-16-13)14-8-10-15-11-17-14/h5-6,8-11H,2-4,7H2,1H3. The van der Waals surface area contributed by atoms with E-state index in [1.54, 1.807) is 12.5 Å². The minimum Gasteiger partial charge on any atom is -0.261 e. The molecular formula is C14H17N3. The SMILES string of the molecule is CCCCCc1ncccc1-c1ccncn1. The summed E-state index contributed by atoms with van der Waals surface area (Å²) in [5.74, 6) is 0. The smallest absolute Gasteiger partial charge is 0.116 e. The van der Waals surface area contributed by atoms with Gasteiger partial charge in [-0.1, -0.05) is 19.8 Å². The van der Waals surface area contributed by atoms with Crippen molar-refractivity contribution in [2.24, 2.45) is 0 Å². The molecule has 0 aliphatic heterocycles. The predicted octanol–water partition coefficient (Wildman–Crippen LogP) is 3.27. The van der Waals surface area contributed by atoms with Crippen molar-refractivity contribution in [3.05, 3.63) is 42.6 Å². The van der Waals surface area contributed by atoms with Crippen LogP contribution in [-0.4, -0.2) is 15.0 Å². The number of unbranched alkanes of at least 4 members (excludes halogenated alkanes) is 2. The van der Waals surface area contributed by atoms with E-state index in [1.807, 2.05) is 18.3 Å². The zero-order valence-electron chi connectivity index (χ0n) is 10.1. The number of hydrogen-bond acceptors (Lipinski definition) is 3. The van der Waals surface area contributed by atoms with E-state index in [9.17, 15) is 0 Å². The molecule has 0 spiro atoms. The summed E-state index contributed by atoms with van der Waals surface area (Å²) in [6.07, 6.45) is 9.89. The van der Waals surface area contributed by atoms with Crippen molar-refractivity contribution in [2.75, 3.05) is 0 Å². The molecule has 0 aliphatic carbocycles. The first-order valence-corrected chi connectivity index (χ1v) is 6.12. The Morgan fingerprint density at radius 2 is 2.00 bits per heavy atom. The van der Waals surface area contributed by atoms with Gasteiger partial charge in [0.1, 0.15) is 6.33 Å². The number of aromatic nitrogens is 3. The summed E-state index contributed by atoms with van der Waals surface area (Å²) in [5, 5.41) is 0. The summed E-state index contributed by atoms with van der Waals surface area (Å²) in [6, 6.07) is 5.97. The number of aryl methyl sites for hydroxylation is 1. The van der Waals surface area contributed by atoms with Crippen LogP contribution in [0.2, 0.25) is 0 Å². The maximum absolute atomic E-state index is 4.47. The van der Waals surface area contributed by atoms with Crippen LogP contribution in [0.5, 0.6) is 0 Å². The Labute approximate surface area is 102 Å². The minimum atomic E-state index is 0.958. The molecule has 17 heavy (non-hydrogen) atoms. The van der Waals surface area contributed by atoms with E-state index in [2.05, 4.69) is 27.9 Å². The Balaban J connectivity index is 2.22. The molecule has 0 atom stereocenters. The molecule has 0 radical (unpaired) electrons. The molecule has 2 aromatic rings. The highest BCUT2D eigenvalue weighted by molar-refractivity contribution is 5.61. The van der Waals surface area contributed by atoms with E-state index in [4.69, 9.17) is 0 Å². The lowest BCUT2D eigenvalue weighted by atomic mass is 10.0. The zero-order chi connectivity index (χ0) is 11.9. The molecule has 0 bridgehead atoms. The van der Waals surface area contributed by atoms with E-state index >= 15 is 0 Å². The zero-order valence-corrected chi connectivity index (χ0v) is 10.1. The van der Waals surface area contributed by atoms with Gasteiger partial charge >= 0.3 is 0 Å². The molecule has 0 fully saturated rings. The Hall–Kier alpha value is -1.77. The van der Waals surface area contributed by atoms with Crippen molar-refractivity contribution >= 4 is 0 Å². The molecule has 3 nitrogen and oxygen atoms in total. The van der Waals surface area contributed by atoms with Crippen molar-refractivity contribution in [3.63, 3.8) is 0 Å². The van der Waals surface area contributed by atoms with Crippen LogP contribution in [0, 0.1) is 0 Å². The monoisotopic (exact) mass is 227 g/mol. The van der Waals surface area contributed by atoms with Crippen molar-refractivity contribution in [1.29, 1.82) is 0 Å². The third-order valence-corrected chi connectivity index (χ3v) is 2.77. The number of hydrogen-bond donors (Lipinski definition) is 0. The first kappa shape index (κ1) is 11.7. The molecule has 0 saturated heterocycles. The highest BCUT2D eigenvalue weighted by Crippen LogP contribution is 2.20. The van der Waals surface area contributed by atoms with Gasteiger partial charge in [0.15, 0.2) is 0 Å². The molecule has 2 heterocycles. The van der Waals surface area contributed by atoms with E-state index in [0.29, 0.717) is 0 Å². The third-order valence-electron chi connectivity index (χ3n) is 2.77. The second-order valence-corrected chi connectivity index (χ2v) is 4.05. The van der Waals surface area contributed by atoms with Crippen molar-refractivity contribution in [2.45, 2.75) is 32.6 Å². The normalized spacial score (nSPS) is 10.4. The first-order valence-electron chi connectivity index (χ1n) is 6.12. The second kappa shape index (κ2) is 6.09. The molecule has 0 unspecified atom stereocenters. The largest absolute Gasteiger partial charge is 0.261 e. The molecule has 3 heteroatoms. The molecule has 0 saturated carbocycles. The van der Waals surface area contributed by atoms with E-state index in [-0.39, 0.29) is 0 Å². The average molecular weight is 227 g/mol. The summed E-state index contributed by atoms with van der Waals surface area (Å²) < 4.78 is 0. The summed E-state index contributed by atoms with van der Waals surface area (Å²) in [4.78, 5) is 12.7. The fraction of sp³-hybridized carbons (Fsp3) is 0.357. The van der Waals surface area contributed by atoms with Crippen LogP contribution >= 0.6 is 0 Å². The molecule has 88 valence electrons. The van der Waals surface area contributed by atoms with Crippen LogP contribution in [0.25, 0.3) is 11.3 Å². The van der Waals surface area contributed by atoms with Gasteiger partial charge in [-0.25, -0.2) is 9.97 Å². The van der Waals surface area contributed by atoms with E-state index < -0.39 is 0 Å². The summed E-state index contributed by atoms with van der Waals surface area (Å²) in [6.45, 7) is 2.21. The first-order chi connectivity index (χ1) is 8.42. The predicted molar refractivity (Wildman–Crippen MR) is 68.5 cm³/mol. The fourth-order valence-electron chi connectivity index (χ4n) is 1.86. The Morgan fingerprint density at radius 3 is 2.76 bits per heavy atom. The Bertz CT molecular complexity index is 454. The van der Waals surface area contributed by atoms with Gasteiger partial charge in [-0.05, 0) is 31.0 Å². The van der Waals surface area contributed by atoms with Crippen molar-refractivity contribution < 1.29 is 0 Å². The highest BCUT2D eigenvalue weighted by Gasteiger charge is 2.06. The van der Waals surface area contributed by atoms with Crippen molar-refractivity contribution in [1.82, 2.24) is 15.0 Å². The van der Waals surface area contributed by atoms with Gasteiger partial charge in [0.05, 0.1) is 5.69 Å². The quantitative estimate of drug-likeness (QED) is 0.736. The highest BCUT2D eigenvalue weighted by atomic mass is 14.8. The molecule has 0 aromatic carbocycles. The lowest BCUT2D eigenvalue weighted by Gasteiger charge is -2.07. The Kier molecular flexibility index (Phi) is 4.19. The molecule has 2 aromatic heterocycles. The number of rotatable bonds is 5. The third kappa shape index (κ3) is 3.09. The van der Waals surface area contributed by atoms with Crippen LogP contribution in [0.15, 0.2) is 36.9 Å². The van der Waals surface area contributed by atoms with Crippen LogP contribution in [-0.2, 0) is 6.42 Å². The lowest BCUT2D eigenvalue weighted by molar-refractivity contribution is 0.708. The summed E-state index contributed by atoms with van der Waals surface area (Å²) in [5.41, 5.74) is 3.23. The molecular weight excluding hydrogens is 210 g/mol. The second-order valence-electron chi connectivity index (χ2n) is 4.05. The van der Waals surface area contributed by atoms with Gasteiger partial charge in [-0.3, -0.25) is 4.98 Å². The van der Waals surface area contributed by atoms with Crippen LogP contribution in [0.1, 0.15) is 31.9 Å². The summed E-state index contributed by atoms with van der Waals surface area (Å²) in [7, 11) is 0.